The fourth-order valence-electron chi connectivity index (χ4n) is 8.08. The number of amides is 1. The molecule has 1 fully saturated rings. The van der Waals surface area contributed by atoms with Gasteiger partial charge in [-0.05, 0) is 89.9 Å². The molecular weight excluding hydrogens is 943 g/mol. The zero-order chi connectivity index (χ0) is 54.7. The number of aliphatic hydroxyl groups is 5. The topological polar surface area (TPSA) is 175 Å². The molecule has 6 N–H and O–H groups in total. The predicted octanol–water partition coefficient (Wildman–Crippen LogP) is 13.3. The second-order valence-corrected chi connectivity index (χ2v) is 19.4. The van der Waals surface area contributed by atoms with Crippen LogP contribution < -0.4 is 5.32 Å². The fourth-order valence-corrected chi connectivity index (χ4v) is 8.08. The van der Waals surface area contributed by atoms with Gasteiger partial charge in [0.15, 0.2) is 12.4 Å². The first-order valence-corrected chi connectivity index (χ1v) is 29.0. The summed E-state index contributed by atoms with van der Waals surface area (Å²) in [6.45, 7) is 5.53. The lowest BCUT2D eigenvalue weighted by Crippen LogP contribution is -2.61. The summed E-state index contributed by atoms with van der Waals surface area (Å²) in [5.74, 6) is -1.29. The number of carbonyl (C=O) groups is 2. The summed E-state index contributed by atoms with van der Waals surface area (Å²) < 4.78 is 17.5. The Morgan fingerprint density at radius 3 is 1.59 bits per heavy atom. The molecule has 1 saturated heterocycles. The van der Waals surface area contributed by atoms with Crippen molar-refractivity contribution in [1.29, 1.82) is 0 Å². The van der Waals surface area contributed by atoms with E-state index >= 15 is 0 Å². The average molecular weight is 1050 g/mol. The van der Waals surface area contributed by atoms with Crippen LogP contribution in [0.25, 0.3) is 0 Å². The summed E-state index contributed by atoms with van der Waals surface area (Å²) in [5.41, 5.74) is 0. The van der Waals surface area contributed by atoms with Crippen molar-refractivity contribution >= 4 is 11.9 Å². The Balaban J connectivity index is 2.78. The van der Waals surface area contributed by atoms with Crippen LogP contribution >= 0.6 is 0 Å². The van der Waals surface area contributed by atoms with E-state index in [9.17, 15) is 35.1 Å². The predicted molar refractivity (Wildman–Crippen MR) is 310 cm³/mol. The Morgan fingerprint density at radius 1 is 0.547 bits per heavy atom. The van der Waals surface area contributed by atoms with Crippen molar-refractivity contribution in [2.45, 2.75) is 243 Å². The minimum Gasteiger partial charge on any atom is -0.454 e. The Kier molecular flexibility index (Phi) is 46.4. The zero-order valence-corrected chi connectivity index (χ0v) is 46.6. The minimum absolute atomic E-state index is 0.0596. The van der Waals surface area contributed by atoms with Crippen LogP contribution in [0.3, 0.4) is 0 Å². The maximum absolute atomic E-state index is 13.4. The third kappa shape index (κ3) is 38.9. The van der Waals surface area contributed by atoms with Gasteiger partial charge in [0.1, 0.15) is 24.4 Å². The number of nitrogens with one attached hydrogen (secondary N) is 1. The van der Waals surface area contributed by atoms with Gasteiger partial charge in [-0.2, -0.15) is 0 Å². The first-order valence-electron chi connectivity index (χ1n) is 29.0. The molecule has 75 heavy (non-hydrogen) atoms. The maximum Gasteiger partial charge on any atom is 0.306 e. The molecule has 1 amide bonds. The zero-order valence-electron chi connectivity index (χ0n) is 46.6. The number of esters is 1. The van der Waals surface area contributed by atoms with Crippen molar-refractivity contribution in [3.05, 3.63) is 134 Å². The third-order valence-corrected chi connectivity index (χ3v) is 12.7. The monoisotopic (exact) mass is 1050 g/mol. The molecule has 0 aromatic rings. The second kappa shape index (κ2) is 50.6. The largest absolute Gasteiger partial charge is 0.454 e. The molecule has 0 bridgehead atoms. The number of hydrogen-bond donors (Lipinski definition) is 6. The van der Waals surface area contributed by atoms with Gasteiger partial charge in [0.2, 0.25) is 5.91 Å². The molecule has 424 valence electrons. The molecule has 0 spiro atoms. The molecular formula is C64H103NO10. The minimum atomic E-state index is -1.65. The van der Waals surface area contributed by atoms with Gasteiger partial charge in [0, 0.05) is 6.42 Å². The highest BCUT2D eigenvalue weighted by Gasteiger charge is 2.47. The average Bonchev–Trinajstić information content (AvgIpc) is 3.41. The smallest absolute Gasteiger partial charge is 0.306 e. The summed E-state index contributed by atoms with van der Waals surface area (Å²) in [6.07, 6.45) is 60.6. The second-order valence-electron chi connectivity index (χ2n) is 19.4. The van der Waals surface area contributed by atoms with Crippen LogP contribution in [-0.2, 0) is 23.8 Å². The number of aliphatic hydroxyl groups excluding tert-OH is 5. The van der Waals surface area contributed by atoms with E-state index in [0.717, 1.165) is 89.9 Å². The number of carbonyl (C=O) groups excluding carboxylic acids is 2. The molecule has 1 rings (SSSR count). The molecule has 8 atom stereocenters. The van der Waals surface area contributed by atoms with E-state index in [1.165, 1.54) is 57.8 Å². The van der Waals surface area contributed by atoms with E-state index < -0.39 is 67.4 Å². The summed E-state index contributed by atoms with van der Waals surface area (Å²) in [7, 11) is 0. The number of rotatable bonds is 46. The molecule has 0 saturated carbocycles. The molecule has 0 aromatic heterocycles. The van der Waals surface area contributed by atoms with E-state index in [-0.39, 0.29) is 19.4 Å². The van der Waals surface area contributed by atoms with Crippen LogP contribution in [0.4, 0.5) is 0 Å². The van der Waals surface area contributed by atoms with Crippen LogP contribution in [0, 0.1) is 0 Å². The van der Waals surface area contributed by atoms with Crippen LogP contribution in [-0.4, -0.2) is 99.6 Å². The van der Waals surface area contributed by atoms with Crippen LogP contribution in [0.5, 0.6) is 0 Å². The molecule has 11 nitrogen and oxygen atoms in total. The molecule has 8 unspecified atom stereocenters. The highest BCUT2D eigenvalue weighted by molar-refractivity contribution is 5.80. The lowest BCUT2D eigenvalue weighted by atomic mass is 9.99. The van der Waals surface area contributed by atoms with E-state index in [0.29, 0.717) is 12.8 Å². The molecule has 1 aliphatic heterocycles. The van der Waals surface area contributed by atoms with Crippen LogP contribution in [0.15, 0.2) is 134 Å². The number of hydrogen-bond acceptors (Lipinski definition) is 10. The van der Waals surface area contributed by atoms with Crippen molar-refractivity contribution in [1.82, 2.24) is 5.32 Å². The number of allylic oxidation sites excluding steroid dienone is 21. The van der Waals surface area contributed by atoms with E-state index in [2.05, 4.69) is 86.8 Å². The van der Waals surface area contributed by atoms with Crippen molar-refractivity contribution < 1.29 is 49.3 Å². The van der Waals surface area contributed by atoms with Gasteiger partial charge in [0.05, 0.1) is 25.4 Å². The molecule has 1 aliphatic rings. The Labute approximate surface area is 454 Å². The number of unbranched alkanes of at least 4 members (excludes halogenated alkanes) is 17. The van der Waals surface area contributed by atoms with E-state index in [4.69, 9.17) is 14.2 Å². The van der Waals surface area contributed by atoms with Crippen molar-refractivity contribution in [3.8, 4) is 0 Å². The van der Waals surface area contributed by atoms with Crippen molar-refractivity contribution in [3.63, 3.8) is 0 Å². The Hall–Kier alpha value is -4.20. The normalized spacial score (nSPS) is 20.2. The van der Waals surface area contributed by atoms with Gasteiger partial charge < -0.3 is 45.1 Å². The highest BCUT2D eigenvalue weighted by atomic mass is 16.7. The van der Waals surface area contributed by atoms with Gasteiger partial charge in [0.25, 0.3) is 0 Å². The SMILES string of the molecule is CC\C=C/C=C/C=C/C=C\C=C\C=C\CCCCCC(=O)OC1C(OCC(NC(=O)C(O)CCCC/C=C\C/C=C\C/C=C\C/C=C\CCCCC)C(O)/C=C/CCCCCCCCCCC)OC(CO)C(O)C1O. The lowest BCUT2D eigenvalue weighted by Gasteiger charge is -2.41. The number of ether oxygens (including phenoxy) is 3. The highest BCUT2D eigenvalue weighted by Crippen LogP contribution is 2.26. The molecule has 0 radical (unpaired) electrons. The third-order valence-electron chi connectivity index (χ3n) is 12.7. The van der Waals surface area contributed by atoms with Gasteiger partial charge in [-0.25, -0.2) is 0 Å². The van der Waals surface area contributed by atoms with E-state index in [1.807, 2.05) is 66.8 Å². The van der Waals surface area contributed by atoms with Gasteiger partial charge in [-0.1, -0.05) is 231 Å². The van der Waals surface area contributed by atoms with Crippen LogP contribution in [0.2, 0.25) is 0 Å². The van der Waals surface area contributed by atoms with Crippen molar-refractivity contribution in [2.75, 3.05) is 13.2 Å². The standard InChI is InChI=1S/C64H103NO10/c1-4-7-10-13-16-19-22-24-26-28-30-31-33-36-39-42-45-48-51-57(68)63(72)65-55(56(67)50-47-44-41-38-35-21-18-15-12-9-6-3)54-73-64-62(61(71)60(70)58(53-66)74-64)75-59(69)52-49-46-43-40-37-34-32-29-27-25-23-20-17-14-11-8-5-2/h8,11,14,16-17,19-20,23-27,29-32,34,36-37,39,47,50,55-58,60-62,64,66-68,70-71H,4-7,9-10,12-13,15,18,21-22,28,33,35,38,40-46,48-49,51-54H2,1-3H3,(H,65,72)/b11-8-,17-14+,19-16-,23-20+,26-24-,27-25-,31-30-,32-29+,37-34+,39-36-,50-47+. The summed E-state index contributed by atoms with van der Waals surface area (Å²) >= 11 is 0. The Bertz CT molecular complexity index is 1720. The molecule has 0 aromatic carbocycles. The fraction of sp³-hybridized carbons (Fsp3) is 0.625. The van der Waals surface area contributed by atoms with Crippen LogP contribution in [0.1, 0.15) is 194 Å². The van der Waals surface area contributed by atoms with Gasteiger partial charge in [-0.15, -0.1) is 0 Å². The maximum atomic E-state index is 13.4. The summed E-state index contributed by atoms with van der Waals surface area (Å²) in [5, 5.41) is 56.8. The summed E-state index contributed by atoms with van der Waals surface area (Å²) in [4.78, 5) is 26.5. The quantitative estimate of drug-likeness (QED) is 0.0149. The Morgan fingerprint density at radius 2 is 1.01 bits per heavy atom. The molecule has 11 heteroatoms. The first kappa shape index (κ1) is 68.8. The molecule has 1 heterocycles. The van der Waals surface area contributed by atoms with Crippen molar-refractivity contribution in [2.24, 2.45) is 0 Å². The lowest BCUT2D eigenvalue weighted by molar-refractivity contribution is -0.305. The van der Waals surface area contributed by atoms with E-state index in [1.54, 1.807) is 6.08 Å². The van der Waals surface area contributed by atoms with Gasteiger partial charge >= 0.3 is 5.97 Å². The molecule has 0 aliphatic carbocycles. The van der Waals surface area contributed by atoms with Gasteiger partial charge in [-0.3, -0.25) is 9.59 Å². The first-order chi connectivity index (χ1) is 36.7. The summed E-state index contributed by atoms with van der Waals surface area (Å²) in [6, 6.07) is -1.06.